The summed E-state index contributed by atoms with van der Waals surface area (Å²) in [5.74, 6) is 3.75. The number of aromatic nitrogens is 2. The van der Waals surface area contributed by atoms with Crippen molar-refractivity contribution in [3.63, 3.8) is 0 Å². The number of fused-ring (bicyclic) bond motifs is 1. The predicted molar refractivity (Wildman–Crippen MR) is 128 cm³/mol. The van der Waals surface area contributed by atoms with E-state index in [0.717, 1.165) is 42.7 Å². The van der Waals surface area contributed by atoms with Crippen molar-refractivity contribution in [2.24, 2.45) is 29.6 Å². The number of rotatable bonds is 6. The van der Waals surface area contributed by atoms with Crippen molar-refractivity contribution in [3.05, 3.63) is 41.2 Å². The number of nitrogens with zero attached hydrogens (tertiary/aromatic N) is 1. The molecule has 2 N–H and O–H groups in total. The largest absolute Gasteiger partial charge is 0.355 e. The fraction of sp³-hybridized carbons (Fsp3) is 0.630. The van der Waals surface area contributed by atoms with Crippen LogP contribution in [-0.4, -0.2) is 22.4 Å². The zero-order chi connectivity index (χ0) is 22.0. The van der Waals surface area contributed by atoms with E-state index in [-0.39, 0.29) is 11.8 Å². The molecule has 1 fully saturated rings. The molecule has 0 bridgehead atoms. The Labute approximate surface area is 187 Å². The molecule has 2 aromatic rings. The molecule has 1 heterocycles. The highest BCUT2D eigenvalue weighted by atomic mass is 16.1. The van der Waals surface area contributed by atoms with E-state index in [4.69, 9.17) is 4.98 Å². The Hall–Kier alpha value is -2.10. The molecule has 2 aliphatic rings. The molecule has 168 valence electrons. The Morgan fingerprint density at radius 2 is 1.97 bits per heavy atom. The van der Waals surface area contributed by atoms with Crippen LogP contribution in [0.25, 0.3) is 11.0 Å². The number of nitrogens with one attached hydrogen (secondary N) is 2. The van der Waals surface area contributed by atoms with Gasteiger partial charge in [0.05, 0.1) is 11.0 Å². The van der Waals surface area contributed by atoms with Crippen molar-refractivity contribution in [2.75, 3.05) is 6.54 Å². The lowest BCUT2D eigenvalue weighted by molar-refractivity contribution is -0.126. The molecular weight excluding hydrogens is 382 g/mol. The van der Waals surface area contributed by atoms with Gasteiger partial charge in [-0.25, -0.2) is 4.98 Å². The number of hydrogen-bond donors (Lipinski definition) is 2. The van der Waals surface area contributed by atoms with Gasteiger partial charge in [0.2, 0.25) is 5.91 Å². The number of H-pyrrole nitrogens is 1. The first-order chi connectivity index (χ1) is 14.9. The van der Waals surface area contributed by atoms with Crippen LogP contribution < -0.4 is 5.32 Å². The molecule has 4 rings (SSSR count). The lowest BCUT2D eigenvalue weighted by Crippen LogP contribution is -2.39. The van der Waals surface area contributed by atoms with Crippen LogP contribution in [0.5, 0.6) is 0 Å². The third kappa shape index (κ3) is 5.22. The lowest BCUT2D eigenvalue weighted by atomic mass is 9.69. The van der Waals surface area contributed by atoms with Crippen molar-refractivity contribution in [3.8, 4) is 0 Å². The Morgan fingerprint density at radius 1 is 1.19 bits per heavy atom. The van der Waals surface area contributed by atoms with Gasteiger partial charge in [-0.2, -0.15) is 0 Å². The molecule has 0 saturated heterocycles. The van der Waals surface area contributed by atoms with Crippen molar-refractivity contribution < 1.29 is 4.79 Å². The maximum Gasteiger partial charge on any atom is 0.223 e. The summed E-state index contributed by atoms with van der Waals surface area (Å²) < 4.78 is 0. The topological polar surface area (TPSA) is 57.8 Å². The second-order valence-electron chi connectivity index (χ2n) is 10.4. The van der Waals surface area contributed by atoms with Crippen LogP contribution in [0.2, 0.25) is 0 Å². The molecule has 1 amide bonds. The van der Waals surface area contributed by atoms with Gasteiger partial charge in [-0.3, -0.25) is 4.79 Å². The average molecular weight is 422 g/mol. The molecule has 3 atom stereocenters. The van der Waals surface area contributed by atoms with Crippen LogP contribution in [0.15, 0.2) is 29.8 Å². The lowest BCUT2D eigenvalue weighted by Gasteiger charge is -2.37. The minimum atomic E-state index is 0.240. The first kappa shape index (κ1) is 22.1. The third-order valence-corrected chi connectivity index (χ3v) is 7.70. The summed E-state index contributed by atoms with van der Waals surface area (Å²) in [6.45, 7) is 9.83. The standard InChI is InChI=1S/C27H39N3O/c1-17(2)23-14-21(15-26-29-24-11-10-18(3)12-25(24)30-26)19(4)13-22(23)16-28-27(31)20-8-6-5-7-9-20/h10-13,17,20-23H,5-9,14-16H2,1-4H3,(H,28,31)(H,29,30)/t21-,22-,23-/m0/s1. The van der Waals surface area contributed by atoms with E-state index >= 15 is 0 Å². The maximum absolute atomic E-state index is 12.7. The zero-order valence-corrected chi connectivity index (χ0v) is 19.7. The van der Waals surface area contributed by atoms with E-state index in [2.05, 4.69) is 62.3 Å². The highest BCUT2D eigenvalue weighted by Crippen LogP contribution is 2.38. The highest BCUT2D eigenvalue weighted by Gasteiger charge is 2.33. The molecule has 4 nitrogen and oxygen atoms in total. The fourth-order valence-corrected chi connectivity index (χ4v) is 5.74. The van der Waals surface area contributed by atoms with Crippen molar-refractivity contribution >= 4 is 16.9 Å². The first-order valence-corrected chi connectivity index (χ1v) is 12.3. The van der Waals surface area contributed by atoms with Crippen LogP contribution in [0, 0.1) is 36.5 Å². The van der Waals surface area contributed by atoms with Crippen molar-refractivity contribution in [1.82, 2.24) is 15.3 Å². The number of allylic oxidation sites excluding steroid dienone is 1. The number of aromatic amines is 1. The van der Waals surface area contributed by atoms with Gasteiger partial charge in [0.25, 0.3) is 0 Å². The van der Waals surface area contributed by atoms with Crippen molar-refractivity contribution in [1.29, 1.82) is 0 Å². The summed E-state index contributed by atoms with van der Waals surface area (Å²) >= 11 is 0. The summed E-state index contributed by atoms with van der Waals surface area (Å²) in [6.07, 6.45) is 10.4. The number of carbonyl (C=O) groups excluding carboxylic acids is 1. The highest BCUT2D eigenvalue weighted by molar-refractivity contribution is 5.78. The smallest absolute Gasteiger partial charge is 0.223 e. The van der Waals surface area contributed by atoms with E-state index in [1.54, 1.807) is 0 Å². The molecular formula is C27H39N3O. The van der Waals surface area contributed by atoms with Crippen LogP contribution >= 0.6 is 0 Å². The Kier molecular flexibility index (Phi) is 6.83. The summed E-state index contributed by atoms with van der Waals surface area (Å²) in [5.41, 5.74) is 4.90. The Morgan fingerprint density at radius 3 is 2.71 bits per heavy atom. The molecule has 4 heteroatoms. The number of amides is 1. The second-order valence-corrected chi connectivity index (χ2v) is 10.4. The monoisotopic (exact) mass is 421 g/mol. The van der Waals surface area contributed by atoms with E-state index in [9.17, 15) is 4.79 Å². The van der Waals surface area contributed by atoms with E-state index < -0.39 is 0 Å². The molecule has 0 radical (unpaired) electrons. The fourth-order valence-electron chi connectivity index (χ4n) is 5.74. The molecule has 1 saturated carbocycles. The maximum atomic E-state index is 12.7. The molecule has 1 aromatic carbocycles. The van der Waals surface area contributed by atoms with E-state index in [1.165, 1.54) is 36.8 Å². The summed E-state index contributed by atoms with van der Waals surface area (Å²) in [6, 6.07) is 6.41. The summed E-state index contributed by atoms with van der Waals surface area (Å²) in [5, 5.41) is 3.31. The number of hydrogen-bond acceptors (Lipinski definition) is 2. The van der Waals surface area contributed by atoms with Crippen LogP contribution in [-0.2, 0) is 11.2 Å². The molecule has 0 aliphatic heterocycles. The molecule has 31 heavy (non-hydrogen) atoms. The van der Waals surface area contributed by atoms with Crippen LogP contribution in [0.3, 0.4) is 0 Å². The van der Waals surface area contributed by atoms with Gasteiger partial charge in [0, 0.05) is 18.9 Å². The van der Waals surface area contributed by atoms with Gasteiger partial charge >= 0.3 is 0 Å². The average Bonchev–Trinajstić information content (AvgIpc) is 3.15. The van der Waals surface area contributed by atoms with Gasteiger partial charge in [0.1, 0.15) is 5.82 Å². The Bertz CT molecular complexity index is 935. The zero-order valence-electron chi connectivity index (χ0n) is 19.7. The van der Waals surface area contributed by atoms with E-state index in [1.807, 2.05) is 0 Å². The number of benzene rings is 1. The van der Waals surface area contributed by atoms with Gasteiger partial charge < -0.3 is 10.3 Å². The third-order valence-electron chi connectivity index (χ3n) is 7.70. The second kappa shape index (κ2) is 9.58. The Balaban J connectivity index is 1.43. The predicted octanol–water partition coefficient (Wildman–Crippen LogP) is 5.96. The van der Waals surface area contributed by atoms with Gasteiger partial charge in [-0.15, -0.1) is 0 Å². The minimum Gasteiger partial charge on any atom is -0.355 e. The molecule has 1 aromatic heterocycles. The number of aryl methyl sites for hydroxylation is 1. The van der Waals surface area contributed by atoms with E-state index in [0.29, 0.717) is 23.7 Å². The first-order valence-electron chi connectivity index (χ1n) is 12.3. The minimum absolute atomic E-state index is 0.240. The number of carbonyl (C=O) groups is 1. The summed E-state index contributed by atoms with van der Waals surface area (Å²) in [7, 11) is 0. The molecule has 0 unspecified atom stereocenters. The quantitative estimate of drug-likeness (QED) is 0.565. The molecule has 2 aliphatic carbocycles. The normalized spacial score (nSPS) is 25.1. The van der Waals surface area contributed by atoms with Crippen LogP contribution in [0.4, 0.5) is 0 Å². The summed E-state index contributed by atoms with van der Waals surface area (Å²) in [4.78, 5) is 21.1. The SMILES string of the molecule is CC1=C[C@@H](CNC(=O)C2CCCCC2)[C@H](C(C)C)C[C@H]1Cc1nc2ccc(C)cc2[nH]1. The van der Waals surface area contributed by atoms with Gasteiger partial charge in [0.15, 0.2) is 0 Å². The van der Waals surface area contributed by atoms with Gasteiger partial charge in [-0.05, 0) is 74.5 Å². The number of imidazole rings is 1. The van der Waals surface area contributed by atoms with Crippen molar-refractivity contribution in [2.45, 2.75) is 72.6 Å². The van der Waals surface area contributed by atoms with Crippen LogP contribution in [0.1, 0.15) is 70.7 Å². The molecule has 0 spiro atoms. The van der Waals surface area contributed by atoms with Gasteiger partial charge in [-0.1, -0.05) is 50.8 Å².